The molecule has 1 aromatic rings. The second-order valence-corrected chi connectivity index (χ2v) is 5.43. The molecule has 1 atom stereocenters. The predicted molar refractivity (Wildman–Crippen MR) is 74.3 cm³/mol. The smallest absolute Gasteiger partial charge is 0.164 e. The number of nitrogens with two attached hydrogens (primary N) is 1. The van der Waals surface area contributed by atoms with E-state index >= 15 is 0 Å². The van der Waals surface area contributed by atoms with E-state index in [1.54, 1.807) is 0 Å². The van der Waals surface area contributed by atoms with E-state index in [9.17, 15) is 4.21 Å². The molecule has 1 aliphatic heterocycles. The van der Waals surface area contributed by atoms with Crippen molar-refractivity contribution in [2.75, 3.05) is 6.54 Å². The van der Waals surface area contributed by atoms with Crippen molar-refractivity contribution in [3.05, 3.63) is 11.8 Å². The molecule has 2 heterocycles. The standard InChI is InChI=1S/C10H18N4OS.C2H6/c1-8(2)13-4-3-5-14-9(7-13)6-10(12-14)16(11)15;1-2/h6,8H,3-5,7,11H2,1-2H3;1-2H3. The molecule has 1 unspecified atom stereocenters. The molecule has 2 rings (SSSR count). The first-order chi connectivity index (χ1) is 8.58. The van der Waals surface area contributed by atoms with Gasteiger partial charge < -0.3 is 0 Å². The van der Waals surface area contributed by atoms with E-state index in [2.05, 4.69) is 23.8 Å². The third-order valence-electron chi connectivity index (χ3n) is 2.96. The van der Waals surface area contributed by atoms with Crippen molar-refractivity contribution < 1.29 is 4.21 Å². The molecule has 18 heavy (non-hydrogen) atoms. The number of hydrogen-bond donors (Lipinski definition) is 1. The van der Waals surface area contributed by atoms with Gasteiger partial charge >= 0.3 is 0 Å². The maximum Gasteiger partial charge on any atom is 0.164 e. The van der Waals surface area contributed by atoms with Gasteiger partial charge in [0.05, 0.1) is 5.69 Å². The molecular formula is C12H24N4OS. The fraction of sp³-hybridized carbons (Fsp3) is 0.750. The minimum Gasteiger partial charge on any atom is -0.295 e. The van der Waals surface area contributed by atoms with Crippen molar-refractivity contribution in [1.82, 2.24) is 14.7 Å². The lowest BCUT2D eigenvalue weighted by Crippen LogP contribution is -2.30. The molecule has 0 radical (unpaired) electrons. The van der Waals surface area contributed by atoms with Crippen LogP contribution in [0.3, 0.4) is 0 Å². The number of nitrogens with zero attached hydrogens (tertiary/aromatic N) is 3. The lowest BCUT2D eigenvalue weighted by atomic mass is 10.3. The average molecular weight is 272 g/mol. The fourth-order valence-corrected chi connectivity index (χ4v) is 2.43. The molecule has 5 nitrogen and oxygen atoms in total. The van der Waals surface area contributed by atoms with Gasteiger partial charge in [-0.05, 0) is 26.3 Å². The van der Waals surface area contributed by atoms with Crippen LogP contribution in [0.2, 0.25) is 0 Å². The Morgan fingerprint density at radius 1 is 1.39 bits per heavy atom. The highest BCUT2D eigenvalue weighted by molar-refractivity contribution is 7.82. The average Bonchev–Trinajstić information content (AvgIpc) is 2.64. The van der Waals surface area contributed by atoms with Crippen LogP contribution in [0.15, 0.2) is 11.1 Å². The second-order valence-electron chi connectivity index (χ2n) is 4.41. The van der Waals surface area contributed by atoms with Gasteiger partial charge in [-0.2, -0.15) is 5.10 Å². The van der Waals surface area contributed by atoms with Gasteiger partial charge in [0.2, 0.25) is 0 Å². The number of aryl methyl sites for hydroxylation is 1. The van der Waals surface area contributed by atoms with Crippen LogP contribution in [0.25, 0.3) is 0 Å². The SMILES string of the molecule is CC.CC(C)N1CCCn2nc(S(N)=O)cc2C1. The molecule has 1 aromatic heterocycles. The van der Waals surface area contributed by atoms with Crippen LogP contribution in [0.1, 0.15) is 39.8 Å². The van der Waals surface area contributed by atoms with Crippen LogP contribution in [0.4, 0.5) is 0 Å². The molecule has 0 aliphatic carbocycles. The van der Waals surface area contributed by atoms with Crippen molar-refractivity contribution in [2.45, 2.75) is 58.3 Å². The summed E-state index contributed by atoms with van der Waals surface area (Å²) in [5, 5.41) is 10.1. The van der Waals surface area contributed by atoms with Gasteiger partial charge in [-0.1, -0.05) is 13.8 Å². The Kier molecular flexibility index (Phi) is 5.98. The summed E-state index contributed by atoms with van der Waals surface area (Å²) in [6.07, 6.45) is 1.07. The van der Waals surface area contributed by atoms with Gasteiger partial charge in [-0.25, -0.2) is 9.35 Å². The Morgan fingerprint density at radius 3 is 2.61 bits per heavy atom. The molecule has 0 fully saturated rings. The Balaban J connectivity index is 0.000000771. The molecule has 6 heteroatoms. The highest BCUT2D eigenvalue weighted by atomic mass is 32.2. The van der Waals surface area contributed by atoms with E-state index in [0.29, 0.717) is 11.1 Å². The maximum absolute atomic E-state index is 11.2. The normalized spacial score (nSPS) is 17.7. The van der Waals surface area contributed by atoms with Crippen LogP contribution in [-0.2, 0) is 24.1 Å². The third kappa shape index (κ3) is 3.63. The summed E-state index contributed by atoms with van der Waals surface area (Å²) in [4.78, 5) is 2.39. The van der Waals surface area contributed by atoms with Crippen molar-refractivity contribution in [3.8, 4) is 0 Å². The monoisotopic (exact) mass is 272 g/mol. The largest absolute Gasteiger partial charge is 0.295 e. The van der Waals surface area contributed by atoms with Crippen molar-refractivity contribution >= 4 is 11.0 Å². The Morgan fingerprint density at radius 2 is 2.06 bits per heavy atom. The van der Waals surface area contributed by atoms with Crippen molar-refractivity contribution in [1.29, 1.82) is 0 Å². The van der Waals surface area contributed by atoms with Crippen LogP contribution >= 0.6 is 0 Å². The minimum absolute atomic E-state index is 0.487. The first-order valence-electron chi connectivity index (χ1n) is 6.55. The van der Waals surface area contributed by atoms with Crippen LogP contribution < -0.4 is 5.14 Å². The Hall–Kier alpha value is -0.720. The molecular weight excluding hydrogens is 248 g/mol. The van der Waals surface area contributed by atoms with Gasteiger partial charge in [0, 0.05) is 25.7 Å². The zero-order valence-electron chi connectivity index (χ0n) is 11.7. The molecule has 0 aromatic carbocycles. The molecule has 0 saturated heterocycles. The predicted octanol–water partition coefficient (Wildman–Crippen LogP) is 1.50. The van der Waals surface area contributed by atoms with Crippen molar-refractivity contribution in [3.63, 3.8) is 0 Å². The van der Waals surface area contributed by atoms with Crippen LogP contribution in [0.5, 0.6) is 0 Å². The number of rotatable bonds is 2. The van der Waals surface area contributed by atoms with E-state index in [1.807, 2.05) is 24.6 Å². The van der Waals surface area contributed by atoms with Gasteiger partial charge in [-0.15, -0.1) is 0 Å². The second kappa shape index (κ2) is 7.01. The summed E-state index contributed by atoms with van der Waals surface area (Å²) in [6, 6.07) is 2.38. The van der Waals surface area contributed by atoms with Crippen LogP contribution in [-0.4, -0.2) is 31.5 Å². The van der Waals surface area contributed by atoms with Gasteiger partial charge in [-0.3, -0.25) is 9.58 Å². The Bertz CT molecular complexity index is 403. The number of aromatic nitrogens is 2. The highest BCUT2D eigenvalue weighted by Gasteiger charge is 2.19. The molecule has 0 bridgehead atoms. The van der Waals surface area contributed by atoms with E-state index < -0.39 is 11.0 Å². The molecule has 1 aliphatic rings. The fourth-order valence-electron chi connectivity index (χ4n) is 2.00. The quantitative estimate of drug-likeness (QED) is 0.887. The first kappa shape index (κ1) is 15.3. The van der Waals surface area contributed by atoms with Crippen LogP contribution in [0, 0.1) is 0 Å². The molecule has 104 valence electrons. The molecule has 0 amide bonds. The third-order valence-corrected chi connectivity index (χ3v) is 3.57. The van der Waals surface area contributed by atoms with Gasteiger partial charge in [0.1, 0.15) is 11.0 Å². The summed E-state index contributed by atoms with van der Waals surface area (Å²) in [5.41, 5.74) is 1.11. The Labute approximate surface area is 112 Å². The summed E-state index contributed by atoms with van der Waals surface area (Å²) in [5.74, 6) is 0. The molecule has 0 spiro atoms. The van der Waals surface area contributed by atoms with E-state index in [-0.39, 0.29) is 0 Å². The number of fused-ring (bicyclic) bond motifs is 1. The highest BCUT2D eigenvalue weighted by Crippen LogP contribution is 2.16. The summed E-state index contributed by atoms with van der Waals surface area (Å²) in [7, 11) is -1.47. The van der Waals surface area contributed by atoms with Gasteiger partial charge in [0.25, 0.3) is 0 Å². The van der Waals surface area contributed by atoms with Gasteiger partial charge in [0.15, 0.2) is 5.03 Å². The zero-order valence-corrected chi connectivity index (χ0v) is 12.5. The first-order valence-corrected chi connectivity index (χ1v) is 7.76. The topological polar surface area (TPSA) is 64.2 Å². The molecule has 0 saturated carbocycles. The van der Waals surface area contributed by atoms with Crippen molar-refractivity contribution in [2.24, 2.45) is 5.14 Å². The lowest BCUT2D eigenvalue weighted by Gasteiger charge is -2.23. The summed E-state index contributed by atoms with van der Waals surface area (Å²) < 4.78 is 13.1. The summed E-state index contributed by atoms with van der Waals surface area (Å²) >= 11 is 0. The summed E-state index contributed by atoms with van der Waals surface area (Å²) in [6.45, 7) is 11.2. The molecule has 2 N–H and O–H groups in total. The van der Waals surface area contributed by atoms with E-state index in [0.717, 1.165) is 31.7 Å². The van der Waals surface area contributed by atoms with E-state index in [1.165, 1.54) is 0 Å². The number of hydrogen-bond acceptors (Lipinski definition) is 3. The lowest BCUT2D eigenvalue weighted by molar-refractivity contribution is 0.216. The zero-order chi connectivity index (χ0) is 13.7. The minimum atomic E-state index is -1.47. The van der Waals surface area contributed by atoms with E-state index in [4.69, 9.17) is 5.14 Å². The maximum atomic E-state index is 11.2.